The second-order valence-electron chi connectivity index (χ2n) is 6.69. The molecule has 6 nitrogen and oxygen atoms in total. The Balaban J connectivity index is 1.33. The average molecular weight is 339 g/mol. The highest BCUT2D eigenvalue weighted by Gasteiger charge is 2.47. The van der Waals surface area contributed by atoms with Crippen LogP contribution in [0.4, 0.5) is 0 Å². The molecule has 0 radical (unpaired) electrons. The fourth-order valence-corrected chi connectivity index (χ4v) is 3.60. The van der Waals surface area contributed by atoms with Gasteiger partial charge >= 0.3 is 0 Å². The highest BCUT2D eigenvalue weighted by Crippen LogP contribution is 2.36. The Morgan fingerprint density at radius 3 is 3.08 bits per heavy atom. The van der Waals surface area contributed by atoms with Gasteiger partial charge in [0.1, 0.15) is 11.9 Å². The van der Waals surface area contributed by atoms with E-state index in [2.05, 4.69) is 9.97 Å². The number of carbonyl (C=O) groups excluding carboxylic acids is 1. The normalized spacial score (nSPS) is 25.4. The fraction of sp³-hybridized carbons (Fsp3) is 0.421. The first kappa shape index (κ1) is 16.0. The third-order valence-corrected chi connectivity index (χ3v) is 4.84. The zero-order chi connectivity index (χ0) is 17.1. The van der Waals surface area contributed by atoms with Crippen LogP contribution in [0.3, 0.4) is 0 Å². The molecule has 0 aliphatic carbocycles. The lowest BCUT2D eigenvalue weighted by Crippen LogP contribution is -2.37. The van der Waals surface area contributed by atoms with Crippen LogP contribution >= 0.6 is 0 Å². The topological polar surface area (TPSA) is 64.6 Å². The number of hydrogen-bond donors (Lipinski definition) is 0. The molecule has 2 atom stereocenters. The van der Waals surface area contributed by atoms with Gasteiger partial charge in [-0.1, -0.05) is 6.07 Å². The first-order valence-electron chi connectivity index (χ1n) is 8.61. The Morgan fingerprint density at radius 1 is 1.32 bits per heavy atom. The van der Waals surface area contributed by atoms with Crippen LogP contribution in [0.25, 0.3) is 0 Å². The van der Waals surface area contributed by atoms with E-state index in [1.807, 2.05) is 35.2 Å². The molecular weight excluding hydrogens is 318 g/mol. The fourth-order valence-electron chi connectivity index (χ4n) is 3.60. The highest BCUT2D eigenvalue weighted by atomic mass is 16.6. The molecule has 1 spiro atoms. The van der Waals surface area contributed by atoms with E-state index in [-0.39, 0.29) is 17.6 Å². The molecule has 130 valence electrons. The number of amides is 1. The first-order valence-corrected chi connectivity index (χ1v) is 8.61. The lowest BCUT2D eigenvalue weighted by atomic mass is 9.98. The molecule has 0 unspecified atom stereocenters. The highest BCUT2D eigenvalue weighted by molar-refractivity contribution is 5.78. The van der Waals surface area contributed by atoms with Crippen LogP contribution < -0.4 is 4.74 Å². The van der Waals surface area contributed by atoms with Crippen molar-refractivity contribution in [1.82, 2.24) is 14.9 Å². The molecule has 4 heterocycles. The molecule has 0 saturated carbocycles. The summed E-state index contributed by atoms with van der Waals surface area (Å²) in [5, 5.41) is 0. The molecule has 2 aromatic heterocycles. The van der Waals surface area contributed by atoms with Crippen molar-refractivity contribution < 1.29 is 14.3 Å². The van der Waals surface area contributed by atoms with Crippen LogP contribution in [0.5, 0.6) is 5.75 Å². The molecule has 2 aliphatic heterocycles. The Kier molecular flexibility index (Phi) is 4.36. The Labute approximate surface area is 146 Å². The zero-order valence-electron chi connectivity index (χ0n) is 14.0. The van der Waals surface area contributed by atoms with Crippen molar-refractivity contribution in [1.29, 1.82) is 0 Å². The molecule has 0 aromatic carbocycles. The van der Waals surface area contributed by atoms with Crippen LogP contribution in [-0.4, -0.2) is 52.2 Å². The van der Waals surface area contributed by atoms with Gasteiger partial charge in [0.2, 0.25) is 5.91 Å². The van der Waals surface area contributed by atoms with Crippen molar-refractivity contribution in [2.45, 2.75) is 31.0 Å². The van der Waals surface area contributed by atoms with E-state index in [9.17, 15) is 4.79 Å². The summed E-state index contributed by atoms with van der Waals surface area (Å²) in [6.07, 6.45) is 7.16. The second kappa shape index (κ2) is 6.80. The summed E-state index contributed by atoms with van der Waals surface area (Å²) >= 11 is 0. The maximum Gasteiger partial charge on any atom is 0.228 e. The van der Waals surface area contributed by atoms with Gasteiger partial charge in [-0.25, -0.2) is 0 Å². The predicted molar refractivity (Wildman–Crippen MR) is 91.1 cm³/mol. The van der Waals surface area contributed by atoms with E-state index in [1.165, 1.54) is 0 Å². The zero-order valence-corrected chi connectivity index (χ0v) is 14.0. The molecule has 2 aromatic rings. The Morgan fingerprint density at radius 2 is 2.28 bits per heavy atom. The molecule has 2 fully saturated rings. The predicted octanol–water partition coefficient (Wildman–Crippen LogP) is 1.86. The van der Waals surface area contributed by atoms with Crippen molar-refractivity contribution in [2.75, 3.05) is 19.7 Å². The number of nitrogens with zero attached hydrogens (tertiary/aromatic N) is 3. The van der Waals surface area contributed by atoms with Gasteiger partial charge in [0, 0.05) is 37.6 Å². The quantitative estimate of drug-likeness (QED) is 0.851. The second-order valence-corrected chi connectivity index (χ2v) is 6.69. The Bertz CT molecular complexity index is 725. The summed E-state index contributed by atoms with van der Waals surface area (Å²) in [5.41, 5.74) is 0.533. The number of rotatable bonds is 4. The molecule has 1 amide bonds. The van der Waals surface area contributed by atoms with Crippen LogP contribution in [0.15, 0.2) is 48.9 Å². The van der Waals surface area contributed by atoms with Gasteiger partial charge in [-0.05, 0) is 30.7 Å². The van der Waals surface area contributed by atoms with E-state index in [0.29, 0.717) is 19.6 Å². The molecule has 2 aliphatic rings. The maximum absolute atomic E-state index is 12.5. The molecule has 25 heavy (non-hydrogen) atoms. The van der Waals surface area contributed by atoms with Gasteiger partial charge in [-0.15, -0.1) is 0 Å². The summed E-state index contributed by atoms with van der Waals surface area (Å²) in [7, 11) is 0. The monoisotopic (exact) mass is 339 g/mol. The summed E-state index contributed by atoms with van der Waals surface area (Å²) < 4.78 is 12.0. The SMILES string of the molecule is O=C(Cc1ccccn1)N1CC[C@]2(C[C@@H](Oc3cccnc3)CO2)C1. The van der Waals surface area contributed by atoms with Crippen LogP contribution in [0.1, 0.15) is 18.5 Å². The van der Waals surface area contributed by atoms with Crippen molar-refractivity contribution in [2.24, 2.45) is 0 Å². The minimum Gasteiger partial charge on any atom is -0.486 e. The van der Waals surface area contributed by atoms with Crippen molar-refractivity contribution >= 4 is 5.91 Å². The summed E-state index contributed by atoms with van der Waals surface area (Å²) in [5.74, 6) is 0.866. The summed E-state index contributed by atoms with van der Waals surface area (Å²) in [6.45, 7) is 1.91. The van der Waals surface area contributed by atoms with Crippen LogP contribution in [-0.2, 0) is 16.0 Å². The van der Waals surface area contributed by atoms with Gasteiger partial charge in [-0.3, -0.25) is 14.8 Å². The van der Waals surface area contributed by atoms with Gasteiger partial charge < -0.3 is 14.4 Å². The minimum absolute atomic E-state index is 0.00930. The molecule has 2 saturated heterocycles. The lowest BCUT2D eigenvalue weighted by Gasteiger charge is -2.23. The van der Waals surface area contributed by atoms with E-state index < -0.39 is 0 Å². The van der Waals surface area contributed by atoms with Crippen LogP contribution in [0, 0.1) is 0 Å². The smallest absolute Gasteiger partial charge is 0.228 e. The number of hydrogen-bond acceptors (Lipinski definition) is 5. The average Bonchev–Trinajstić information content (AvgIpc) is 3.24. The molecule has 0 bridgehead atoms. The maximum atomic E-state index is 12.5. The third kappa shape index (κ3) is 3.64. The Hall–Kier alpha value is -2.47. The molecule has 6 heteroatoms. The van der Waals surface area contributed by atoms with Crippen LogP contribution in [0.2, 0.25) is 0 Å². The van der Waals surface area contributed by atoms with Crippen molar-refractivity contribution in [3.05, 3.63) is 54.6 Å². The number of ether oxygens (including phenoxy) is 2. The van der Waals surface area contributed by atoms with E-state index in [0.717, 1.165) is 30.8 Å². The van der Waals surface area contributed by atoms with Gasteiger partial charge in [0.05, 0.1) is 24.8 Å². The van der Waals surface area contributed by atoms with E-state index in [1.54, 1.807) is 18.6 Å². The standard InChI is InChI=1S/C19H21N3O3/c23-18(10-15-4-1-2-8-21-15)22-9-6-19(14-22)11-17(13-24-19)25-16-5-3-7-20-12-16/h1-5,7-8,12,17H,6,9-11,13-14H2/t17-,19+/m1/s1. The number of carbonyl (C=O) groups is 1. The van der Waals surface area contributed by atoms with Gasteiger partial charge in [0.15, 0.2) is 0 Å². The minimum atomic E-state index is -0.271. The third-order valence-electron chi connectivity index (χ3n) is 4.84. The van der Waals surface area contributed by atoms with Crippen molar-refractivity contribution in [3.8, 4) is 5.75 Å². The molecule has 0 N–H and O–H groups in total. The van der Waals surface area contributed by atoms with Gasteiger partial charge in [0.25, 0.3) is 0 Å². The summed E-state index contributed by atoms with van der Waals surface area (Å²) in [4.78, 5) is 22.7. The first-order chi connectivity index (χ1) is 12.2. The summed E-state index contributed by atoms with van der Waals surface area (Å²) in [6, 6.07) is 9.40. The number of likely N-dealkylation sites (tertiary alicyclic amines) is 1. The molecular formula is C19H21N3O3. The number of aromatic nitrogens is 2. The van der Waals surface area contributed by atoms with E-state index in [4.69, 9.17) is 9.47 Å². The lowest BCUT2D eigenvalue weighted by molar-refractivity contribution is -0.130. The van der Waals surface area contributed by atoms with Crippen molar-refractivity contribution in [3.63, 3.8) is 0 Å². The molecule has 4 rings (SSSR count). The largest absolute Gasteiger partial charge is 0.486 e. The van der Waals surface area contributed by atoms with E-state index >= 15 is 0 Å². The number of pyridine rings is 2. The van der Waals surface area contributed by atoms with Gasteiger partial charge in [-0.2, -0.15) is 0 Å².